The predicted octanol–water partition coefficient (Wildman–Crippen LogP) is 2.37. The van der Waals surface area contributed by atoms with Gasteiger partial charge in [0.2, 0.25) is 5.91 Å². The molecule has 0 aromatic carbocycles. The maximum absolute atomic E-state index is 12.4. The lowest BCUT2D eigenvalue weighted by Gasteiger charge is -2.34. The molecule has 2 aromatic heterocycles. The topological polar surface area (TPSA) is 57.9 Å². The Morgan fingerprint density at radius 3 is 2.73 bits per heavy atom. The van der Waals surface area contributed by atoms with Crippen LogP contribution in [0, 0.1) is 5.92 Å². The molecule has 26 heavy (non-hydrogen) atoms. The van der Waals surface area contributed by atoms with Gasteiger partial charge < -0.3 is 4.90 Å². The van der Waals surface area contributed by atoms with Crippen LogP contribution in [0.25, 0.3) is 4.96 Å². The van der Waals surface area contributed by atoms with Gasteiger partial charge in [-0.25, -0.2) is 4.98 Å². The van der Waals surface area contributed by atoms with Crippen molar-refractivity contribution in [2.45, 2.75) is 45.1 Å². The monoisotopic (exact) mass is 374 g/mol. The van der Waals surface area contributed by atoms with Crippen LogP contribution in [0.1, 0.15) is 44.2 Å². The number of nitrogens with zero attached hydrogens (tertiary/aromatic N) is 4. The molecule has 1 aliphatic heterocycles. The number of hydrogen-bond acceptors (Lipinski definition) is 5. The average Bonchev–Trinajstić information content (AvgIpc) is 3.32. The third kappa shape index (κ3) is 3.99. The Morgan fingerprint density at radius 1 is 1.19 bits per heavy atom. The fourth-order valence-electron chi connectivity index (χ4n) is 4.14. The molecule has 1 amide bonds. The van der Waals surface area contributed by atoms with E-state index < -0.39 is 0 Å². The molecule has 0 spiro atoms. The molecule has 0 bridgehead atoms. The quantitative estimate of drug-likeness (QED) is 0.806. The van der Waals surface area contributed by atoms with Crippen LogP contribution < -0.4 is 5.56 Å². The maximum Gasteiger partial charge on any atom is 0.258 e. The fourth-order valence-corrected chi connectivity index (χ4v) is 4.88. The predicted molar refractivity (Wildman–Crippen MR) is 102 cm³/mol. The van der Waals surface area contributed by atoms with E-state index in [1.807, 2.05) is 10.3 Å². The van der Waals surface area contributed by atoms with Gasteiger partial charge in [0.25, 0.3) is 5.56 Å². The molecular weight excluding hydrogens is 348 g/mol. The molecule has 4 rings (SSSR count). The first kappa shape index (κ1) is 17.7. The van der Waals surface area contributed by atoms with Crippen LogP contribution in [-0.2, 0) is 11.3 Å². The van der Waals surface area contributed by atoms with Crippen LogP contribution in [0.2, 0.25) is 0 Å². The number of carbonyl (C=O) groups excluding carboxylic acids is 1. The molecule has 140 valence electrons. The summed E-state index contributed by atoms with van der Waals surface area (Å²) in [4.78, 5) is 34.1. The molecule has 3 heterocycles. The zero-order valence-corrected chi connectivity index (χ0v) is 15.9. The lowest BCUT2D eigenvalue weighted by atomic mass is 10.0. The summed E-state index contributed by atoms with van der Waals surface area (Å²) >= 11 is 1.48. The highest BCUT2D eigenvalue weighted by Crippen LogP contribution is 2.28. The third-order valence-electron chi connectivity index (χ3n) is 5.71. The number of thiazole rings is 1. The van der Waals surface area contributed by atoms with Gasteiger partial charge in [-0.2, -0.15) is 0 Å². The van der Waals surface area contributed by atoms with Gasteiger partial charge in [-0.3, -0.25) is 18.9 Å². The minimum absolute atomic E-state index is 0.0213. The first-order chi connectivity index (χ1) is 12.7. The first-order valence-electron chi connectivity index (χ1n) is 9.65. The van der Waals surface area contributed by atoms with Gasteiger partial charge in [0.05, 0.1) is 5.69 Å². The number of rotatable bonds is 5. The molecule has 1 saturated carbocycles. The Labute approximate surface area is 157 Å². The summed E-state index contributed by atoms with van der Waals surface area (Å²) in [6.45, 7) is 3.93. The van der Waals surface area contributed by atoms with E-state index in [1.54, 1.807) is 16.7 Å². The van der Waals surface area contributed by atoms with Crippen molar-refractivity contribution in [3.63, 3.8) is 0 Å². The van der Waals surface area contributed by atoms with Crippen molar-refractivity contribution in [3.05, 3.63) is 33.7 Å². The van der Waals surface area contributed by atoms with Crippen molar-refractivity contribution < 1.29 is 4.79 Å². The SMILES string of the molecule is O=C(CCC1CCCC1)N1CCN(Cc2cc(=O)n3ccsc3n2)CC1. The van der Waals surface area contributed by atoms with Crippen LogP contribution in [0.4, 0.5) is 0 Å². The maximum atomic E-state index is 12.4. The largest absolute Gasteiger partial charge is 0.340 e. The second-order valence-electron chi connectivity index (χ2n) is 7.49. The van der Waals surface area contributed by atoms with E-state index in [0.29, 0.717) is 18.9 Å². The molecule has 0 atom stereocenters. The molecule has 2 fully saturated rings. The van der Waals surface area contributed by atoms with Crippen LogP contribution in [0.3, 0.4) is 0 Å². The zero-order valence-electron chi connectivity index (χ0n) is 15.1. The molecule has 0 radical (unpaired) electrons. The molecule has 2 aromatic rings. The summed E-state index contributed by atoms with van der Waals surface area (Å²) < 4.78 is 1.58. The van der Waals surface area contributed by atoms with Crippen LogP contribution in [0.5, 0.6) is 0 Å². The summed E-state index contributed by atoms with van der Waals surface area (Å²) in [5.41, 5.74) is 0.797. The summed E-state index contributed by atoms with van der Waals surface area (Å²) in [7, 11) is 0. The van der Waals surface area contributed by atoms with Crippen molar-refractivity contribution in [3.8, 4) is 0 Å². The molecule has 2 aliphatic rings. The number of piperazine rings is 1. The number of aromatic nitrogens is 2. The Hall–Kier alpha value is -1.73. The highest BCUT2D eigenvalue weighted by atomic mass is 32.1. The van der Waals surface area contributed by atoms with E-state index in [0.717, 1.165) is 49.2 Å². The van der Waals surface area contributed by atoms with Gasteiger partial charge in [-0.15, -0.1) is 11.3 Å². The van der Waals surface area contributed by atoms with Crippen molar-refractivity contribution in [2.24, 2.45) is 5.92 Å². The Balaban J connectivity index is 1.27. The Bertz CT molecular complexity index is 816. The van der Waals surface area contributed by atoms with Crippen molar-refractivity contribution >= 4 is 22.2 Å². The van der Waals surface area contributed by atoms with E-state index in [2.05, 4.69) is 9.88 Å². The Morgan fingerprint density at radius 2 is 1.96 bits per heavy atom. The molecule has 6 nitrogen and oxygen atoms in total. The van der Waals surface area contributed by atoms with Gasteiger partial charge in [-0.1, -0.05) is 25.7 Å². The Kier molecular flexibility index (Phi) is 5.36. The van der Waals surface area contributed by atoms with Gasteiger partial charge in [0.1, 0.15) is 0 Å². The van der Waals surface area contributed by atoms with Gasteiger partial charge >= 0.3 is 0 Å². The second-order valence-corrected chi connectivity index (χ2v) is 8.36. The van der Waals surface area contributed by atoms with Crippen LogP contribution in [0.15, 0.2) is 22.4 Å². The van der Waals surface area contributed by atoms with Gasteiger partial charge in [0.15, 0.2) is 4.96 Å². The number of amides is 1. The van der Waals surface area contributed by atoms with Gasteiger partial charge in [0, 0.05) is 56.8 Å². The molecule has 1 saturated heterocycles. The highest BCUT2D eigenvalue weighted by molar-refractivity contribution is 7.15. The normalized spacial score (nSPS) is 19.5. The van der Waals surface area contributed by atoms with E-state index in [1.165, 1.54) is 37.0 Å². The number of carbonyl (C=O) groups is 1. The highest BCUT2D eigenvalue weighted by Gasteiger charge is 2.23. The van der Waals surface area contributed by atoms with Crippen molar-refractivity contribution in [1.29, 1.82) is 0 Å². The summed E-state index contributed by atoms with van der Waals surface area (Å²) in [5, 5.41) is 1.88. The van der Waals surface area contributed by atoms with E-state index in [4.69, 9.17) is 0 Å². The lowest BCUT2D eigenvalue weighted by molar-refractivity contribution is -0.133. The molecule has 7 heteroatoms. The van der Waals surface area contributed by atoms with E-state index in [9.17, 15) is 9.59 Å². The summed E-state index contributed by atoms with van der Waals surface area (Å²) in [6.07, 6.45) is 8.82. The minimum Gasteiger partial charge on any atom is -0.340 e. The molecule has 0 unspecified atom stereocenters. The molecular formula is C19H26N4O2S. The zero-order chi connectivity index (χ0) is 17.9. The average molecular weight is 375 g/mol. The van der Waals surface area contributed by atoms with Crippen molar-refractivity contribution in [2.75, 3.05) is 26.2 Å². The van der Waals surface area contributed by atoms with Crippen LogP contribution >= 0.6 is 11.3 Å². The van der Waals surface area contributed by atoms with Gasteiger partial charge in [-0.05, 0) is 12.3 Å². The first-order valence-corrected chi connectivity index (χ1v) is 10.5. The van der Waals surface area contributed by atoms with E-state index >= 15 is 0 Å². The van der Waals surface area contributed by atoms with Crippen LogP contribution in [-0.4, -0.2) is 51.3 Å². The summed E-state index contributed by atoms with van der Waals surface area (Å²) in [6, 6.07) is 1.62. The smallest absolute Gasteiger partial charge is 0.258 e. The number of fused-ring (bicyclic) bond motifs is 1. The minimum atomic E-state index is -0.0213. The third-order valence-corrected chi connectivity index (χ3v) is 6.46. The molecule has 0 N–H and O–H groups in total. The molecule has 1 aliphatic carbocycles. The fraction of sp³-hybridized carbons (Fsp3) is 0.632. The standard InChI is InChI=1S/C19H26N4O2S/c24-17(6-5-15-3-1-2-4-15)22-9-7-21(8-10-22)14-16-13-18(25)23-11-12-26-19(23)20-16/h11-13,15H,1-10,14H2. The summed E-state index contributed by atoms with van der Waals surface area (Å²) in [5.74, 6) is 1.09. The number of hydrogen-bond donors (Lipinski definition) is 0. The lowest BCUT2D eigenvalue weighted by Crippen LogP contribution is -2.48. The van der Waals surface area contributed by atoms with E-state index in [-0.39, 0.29) is 5.56 Å². The van der Waals surface area contributed by atoms with Crippen molar-refractivity contribution in [1.82, 2.24) is 19.2 Å². The second kappa shape index (κ2) is 7.88.